The van der Waals surface area contributed by atoms with Crippen LogP contribution in [0.2, 0.25) is 0 Å². The van der Waals surface area contributed by atoms with E-state index in [1.165, 1.54) is 19.4 Å². The first kappa shape index (κ1) is 14.3. The quantitative estimate of drug-likeness (QED) is 0.776. The van der Waals surface area contributed by atoms with Gasteiger partial charge in [0.2, 0.25) is 0 Å². The van der Waals surface area contributed by atoms with Gasteiger partial charge in [-0.25, -0.2) is 0 Å². The lowest BCUT2D eigenvalue weighted by atomic mass is 10.0. The van der Waals surface area contributed by atoms with E-state index in [2.05, 4.69) is 29.0 Å². The minimum Gasteiger partial charge on any atom is -0.396 e. The van der Waals surface area contributed by atoms with E-state index in [9.17, 15) is 5.11 Å². The summed E-state index contributed by atoms with van der Waals surface area (Å²) in [5.41, 5.74) is 6.24. The Balaban J connectivity index is 1.79. The summed E-state index contributed by atoms with van der Waals surface area (Å²) in [6, 6.07) is 0.538. The van der Waals surface area contributed by atoms with Crippen LogP contribution in [0.1, 0.15) is 12.8 Å². The van der Waals surface area contributed by atoms with Crippen LogP contribution in [0.4, 0.5) is 5.69 Å². The predicted octanol–water partition coefficient (Wildman–Crippen LogP) is -0.148. The number of hydrogen-bond donors (Lipinski definition) is 2. The number of nitrogens with zero attached hydrogens (tertiary/aromatic N) is 4. The van der Waals surface area contributed by atoms with E-state index >= 15 is 0 Å². The molecular formula is C13H25N5O. The number of nitrogen functional groups attached to an aromatic ring is 1. The molecule has 0 spiro atoms. The van der Waals surface area contributed by atoms with E-state index in [1.807, 2.05) is 0 Å². The van der Waals surface area contributed by atoms with Gasteiger partial charge in [0, 0.05) is 25.3 Å². The van der Waals surface area contributed by atoms with Crippen LogP contribution in [0.5, 0.6) is 0 Å². The number of nitrogens with two attached hydrogens (primary N) is 1. The third-order valence-electron chi connectivity index (χ3n) is 3.77. The number of hydrogen-bond acceptors (Lipinski definition) is 5. The lowest BCUT2D eigenvalue weighted by Crippen LogP contribution is -2.47. The number of anilines is 1. The molecule has 1 saturated heterocycles. The predicted molar refractivity (Wildman–Crippen MR) is 75.8 cm³/mol. The maximum atomic E-state index is 10.1. The van der Waals surface area contributed by atoms with Crippen molar-refractivity contribution in [1.82, 2.24) is 19.6 Å². The Kier molecular flexibility index (Phi) is 4.79. The van der Waals surface area contributed by atoms with Crippen LogP contribution >= 0.6 is 0 Å². The number of piperidine rings is 1. The van der Waals surface area contributed by atoms with Crippen molar-refractivity contribution in [2.45, 2.75) is 31.5 Å². The molecule has 19 heavy (non-hydrogen) atoms. The molecule has 1 aliphatic rings. The first-order valence-electron chi connectivity index (χ1n) is 6.89. The fraction of sp³-hybridized carbons (Fsp3) is 0.769. The van der Waals surface area contributed by atoms with E-state index in [0.29, 0.717) is 24.8 Å². The Labute approximate surface area is 114 Å². The molecule has 6 heteroatoms. The highest BCUT2D eigenvalue weighted by atomic mass is 16.3. The van der Waals surface area contributed by atoms with Crippen LogP contribution in [0.25, 0.3) is 0 Å². The van der Waals surface area contributed by atoms with Gasteiger partial charge < -0.3 is 15.7 Å². The first-order chi connectivity index (χ1) is 9.04. The second kappa shape index (κ2) is 6.36. The normalized spacial score (nSPS) is 22.8. The zero-order chi connectivity index (χ0) is 13.8. The number of aliphatic hydroxyl groups excluding tert-OH is 1. The molecule has 0 aromatic carbocycles. The Morgan fingerprint density at radius 1 is 1.63 bits per heavy atom. The van der Waals surface area contributed by atoms with Crippen LogP contribution in [0.3, 0.4) is 0 Å². The Hall–Kier alpha value is -1.11. The molecule has 108 valence electrons. The zero-order valence-corrected chi connectivity index (χ0v) is 11.9. The van der Waals surface area contributed by atoms with Crippen molar-refractivity contribution >= 4 is 5.69 Å². The highest BCUT2D eigenvalue weighted by Crippen LogP contribution is 2.13. The van der Waals surface area contributed by atoms with Crippen LogP contribution in [-0.4, -0.2) is 70.6 Å². The number of rotatable bonds is 5. The van der Waals surface area contributed by atoms with Crippen LogP contribution in [0.15, 0.2) is 12.4 Å². The third kappa shape index (κ3) is 4.19. The highest BCUT2D eigenvalue weighted by molar-refractivity contribution is 5.30. The van der Waals surface area contributed by atoms with Crippen molar-refractivity contribution in [3.63, 3.8) is 0 Å². The van der Waals surface area contributed by atoms with Crippen LogP contribution in [-0.2, 0) is 6.54 Å². The molecule has 1 aromatic rings. The fourth-order valence-electron chi connectivity index (χ4n) is 2.73. The van der Waals surface area contributed by atoms with Gasteiger partial charge in [0.1, 0.15) is 0 Å². The van der Waals surface area contributed by atoms with Gasteiger partial charge >= 0.3 is 0 Å². The molecule has 0 amide bonds. The standard InChI is InChI=1S/C13H25N5O/c1-16-5-3-4-12(8-16)17(2)9-13(19)10-18-7-11(14)6-15-18/h6-7,12-13,19H,3-5,8-10,14H2,1-2H3. The van der Waals surface area contributed by atoms with E-state index in [-0.39, 0.29) is 0 Å². The molecule has 0 saturated carbocycles. The van der Waals surface area contributed by atoms with Gasteiger partial charge in [-0.05, 0) is 33.5 Å². The molecule has 1 aliphatic heterocycles. The molecule has 2 rings (SSSR count). The monoisotopic (exact) mass is 267 g/mol. The number of likely N-dealkylation sites (tertiary alicyclic amines) is 1. The van der Waals surface area contributed by atoms with Crippen molar-refractivity contribution in [1.29, 1.82) is 0 Å². The second-order valence-corrected chi connectivity index (χ2v) is 5.65. The molecule has 3 N–H and O–H groups in total. The summed E-state index contributed by atoms with van der Waals surface area (Å²) in [6.07, 6.45) is 5.38. The maximum absolute atomic E-state index is 10.1. The van der Waals surface area contributed by atoms with E-state index < -0.39 is 6.10 Å². The lowest BCUT2D eigenvalue weighted by Gasteiger charge is -2.36. The van der Waals surface area contributed by atoms with E-state index in [4.69, 9.17) is 5.73 Å². The molecule has 1 fully saturated rings. The van der Waals surface area contributed by atoms with Gasteiger partial charge in [0.25, 0.3) is 0 Å². The lowest BCUT2D eigenvalue weighted by molar-refractivity contribution is 0.0640. The molecule has 0 aliphatic carbocycles. The molecule has 0 bridgehead atoms. The summed E-state index contributed by atoms with van der Waals surface area (Å²) >= 11 is 0. The molecule has 2 unspecified atom stereocenters. The Bertz CT molecular complexity index is 394. The maximum Gasteiger partial charge on any atom is 0.0862 e. The van der Waals surface area contributed by atoms with Gasteiger partial charge in [-0.15, -0.1) is 0 Å². The molecule has 1 aromatic heterocycles. The largest absolute Gasteiger partial charge is 0.396 e. The van der Waals surface area contributed by atoms with Gasteiger partial charge in [-0.1, -0.05) is 0 Å². The smallest absolute Gasteiger partial charge is 0.0862 e. The van der Waals surface area contributed by atoms with E-state index in [0.717, 1.165) is 6.54 Å². The Morgan fingerprint density at radius 3 is 3.05 bits per heavy atom. The third-order valence-corrected chi connectivity index (χ3v) is 3.77. The first-order valence-corrected chi connectivity index (χ1v) is 6.89. The minimum absolute atomic E-state index is 0.420. The second-order valence-electron chi connectivity index (χ2n) is 5.65. The summed E-state index contributed by atoms with van der Waals surface area (Å²) in [4.78, 5) is 4.61. The molecule has 2 heterocycles. The molecule has 6 nitrogen and oxygen atoms in total. The van der Waals surface area contributed by atoms with Crippen LogP contribution in [0, 0.1) is 0 Å². The van der Waals surface area contributed by atoms with Crippen molar-refractivity contribution in [3.8, 4) is 0 Å². The summed E-state index contributed by atoms with van der Waals surface area (Å²) in [5.74, 6) is 0. The molecule has 0 radical (unpaired) electrons. The van der Waals surface area contributed by atoms with Gasteiger partial charge in [-0.2, -0.15) is 5.10 Å². The van der Waals surface area contributed by atoms with E-state index in [1.54, 1.807) is 17.1 Å². The van der Waals surface area contributed by atoms with Crippen molar-refractivity contribution in [2.24, 2.45) is 0 Å². The van der Waals surface area contributed by atoms with Crippen LogP contribution < -0.4 is 5.73 Å². The average Bonchev–Trinajstić information content (AvgIpc) is 2.74. The van der Waals surface area contributed by atoms with Gasteiger partial charge in [0.05, 0.1) is 24.5 Å². The SMILES string of the molecule is CN1CCCC(N(C)CC(O)Cn2cc(N)cn2)C1. The van der Waals surface area contributed by atoms with Gasteiger partial charge in [-0.3, -0.25) is 9.58 Å². The number of aliphatic hydroxyl groups is 1. The number of aromatic nitrogens is 2. The fourth-order valence-corrected chi connectivity index (χ4v) is 2.73. The molecular weight excluding hydrogens is 242 g/mol. The molecule has 2 atom stereocenters. The van der Waals surface area contributed by atoms with Gasteiger partial charge in [0.15, 0.2) is 0 Å². The summed E-state index contributed by atoms with van der Waals surface area (Å²) in [5, 5.41) is 14.2. The van der Waals surface area contributed by atoms with Crippen molar-refractivity contribution in [2.75, 3.05) is 39.5 Å². The summed E-state index contributed by atoms with van der Waals surface area (Å²) in [7, 11) is 4.24. The van der Waals surface area contributed by atoms with Crippen molar-refractivity contribution < 1.29 is 5.11 Å². The Morgan fingerprint density at radius 2 is 2.42 bits per heavy atom. The minimum atomic E-state index is -0.420. The number of likely N-dealkylation sites (N-methyl/N-ethyl adjacent to an activating group) is 2. The summed E-state index contributed by atoms with van der Waals surface area (Å²) in [6.45, 7) is 3.42. The zero-order valence-electron chi connectivity index (χ0n) is 11.9. The average molecular weight is 267 g/mol. The van der Waals surface area contributed by atoms with Crippen molar-refractivity contribution in [3.05, 3.63) is 12.4 Å². The highest BCUT2D eigenvalue weighted by Gasteiger charge is 2.22. The summed E-state index contributed by atoms with van der Waals surface area (Å²) < 4.78 is 1.70. The topological polar surface area (TPSA) is 70.5 Å².